The van der Waals surface area contributed by atoms with Crippen molar-refractivity contribution in [2.45, 2.75) is 20.3 Å². The van der Waals surface area contributed by atoms with Crippen LogP contribution < -0.4 is 5.32 Å². The number of carbonyl (C=O) groups is 1. The van der Waals surface area contributed by atoms with Crippen molar-refractivity contribution in [3.05, 3.63) is 42.1 Å². The Bertz CT molecular complexity index is 600. The van der Waals surface area contributed by atoms with Gasteiger partial charge < -0.3 is 10.1 Å². The number of nitrogens with zero attached hydrogens (tertiary/aromatic N) is 2. The van der Waals surface area contributed by atoms with E-state index in [-0.39, 0.29) is 0 Å². The largest absolute Gasteiger partial charge is 0.462 e. The Morgan fingerprint density at radius 2 is 2.00 bits per heavy atom. The van der Waals surface area contributed by atoms with Crippen LogP contribution in [0.4, 0.5) is 5.82 Å². The molecule has 0 amide bonds. The Morgan fingerprint density at radius 1 is 1.24 bits per heavy atom. The van der Waals surface area contributed by atoms with E-state index in [1.54, 1.807) is 6.92 Å². The summed E-state index contributed by atoms with van der Waals surface area (Å²) in [5.41, 5.74) is 1.28. The number of nitrogens with one attached hydrogen (secondary N) is 1. The molecular formula is C16H19N3O2. The summed E-state index contributed by atoms with van der Waals surface area (Å²) in [6.45, 7) is 4.89. The number of rotatable bonds is 6. The maximum absolute atomic E-state index is 11.9. The molecule has 21 heavy (non-hydrogen) atoms. The van der Waals surface area contributed by atoms with E-state index in [0.29, 0.717) is 23.8 Å². The zero-order valence-electron chi connectivity index (χ0n) is 12.3. The molecule has 0 saturated heterocycles. The second-order valence-electron chi connectivity index (χ2n) is 4.47. The molecule has 5 nitrogen and oxygen atoms in total. The Morgan fingerprint density at radius 3 is 2.67 bits per heavy atom. The van der Waals surface area contributed by atoms with Crippen molar-refractivity contribution in [3.8, 4) is 11.4 Å². The van der Waals surface area contributed by atoms with E-state index >= 15 is 0 Å². The first-order chi connectivity index (χ1) is 10.3. The van der Waals surface area contributed by atoms with Gasteiger partial charge >= 0.3 is 5.97 Å². The van der Waals surface area contributed by atoms with E-state index in [1.807, 2.05) is 30.3 Å². The van der Waals surface area contributed by atoms with Gasteiger partial charge in [0.15, 0.2) is 5.82 Å². The van der Waals surface area contributed by atoms with Crippen LogP contribution in [0.3, 0.4) is 0 Å². The molecule has 0 atom stereocenters. The number of carbonyl (C=O) groups excluding carboxylic acids is 1. The predicted octanol–water partition coefficient (Wildman–Crippen LogP) is 3.14. The third-order valence-corrected chi connectivity index (χ3v) is 2.86. The lowest BCUT2D eigenvalue weighted by Crippen LogP contribution is -2.13. The van der Waals surface area contributed by atoms with Gasteiger partial charge in [-0.1, -0.05) is 37.3 Å². The van der Waals surface area contributed by atoms with Gasteiger partial charge in [0.25, 0.3) is 0 Å². The Kier molecular flexibility index (Phi) is 5.26. The molecule has 0 unspecified atom stereocenters. The zero-order chi connectivity index (χ0) is 15.1. The number of hydrogen-bond donors (Lipinski definition) is 1. The molecule has 0 bridgehead atoms. The fourth-order valence-corrected chi connectivity index (χ4v) is 1.84. The van der Waals surface area contributed by atoms with Crippen LogP contribution in [0.1, 0.15) is 30.6 Å². The maximum Gasteiger partial charge on any atom is 0.343 e. The summed E-state index contributed by atoms with van der Waals surface area (Å²) in [4.78, 5) is 20.7. The smallest absolute Gasteiger partial charge is 0.343 e. The number of esters is 1. The van der Waals surface area contributed by atoms with Crippen molar-refractivity contribution in [1.29, 1.82) is 0 Å². The highest BCUT2D eigenvalue weighted by molar-refractivity contribution is 5.94. The number of ether oxygens (including phenoxy) is 1. The third kappa shape index (κ3) is 3.78. The van der Waals surface area contributed by atoms with Gasteiger partial charge in [0.2, 0.25) is 0 Å². The minimum Gasteiger partial charge on any atom is -0.462 e. The van der Waals surface area contributed by atoms with E-state index in [2.05, 4.69) is 22.2 Å². The van der Waals surface area contributed by atoms with Crippen molar-refractivity contribution >= 4 is 11.8 Å². The first kappa shape index (κ1) is 15.0. The molecule has 0 aliphatic carbocycles. The molecule has 0 spiro atoms. The number of aromatic nitrogens is 2. The molecule has 1 aromatic heterocycles. The maximum atomic E-state index is 11.9. The summed E-state index contributed by atoms with van der Waals surface area (Å²) in [5.74, 6) is 0.696. The minimum absolute atomic E-state index is 0.326. The van der Waals surface area contributed by atoms with Crippen LogP contribution in [-0.2, 0) is 4.74 Å². The van der Waals surface area contributed by atoms with Gasteiger partial charge in [-0.25, -0.2) is 14.8 Å². The van der Waals surface area contributed by atoms with E-state index in [9.17, 15) is 4.79 Å². The molecule has 0 aliphatic heterocycles. The van der Waals surface area contributed by atoms with Crippen molar-refractivity contribution < 1.29 is 9.53 Å². The lowest BCUT2D eigenvalue weighted by Gasteiger charge is -2.11. The molecule has 1 N–H and O–H groups in total. The van der Waals surface area contributed by atoms with Crippen LogP contribution in [0.25, 0.3) is 11.4 Å². The zero-order valence-corrected chi connectivity index (χ0v) is 12.3. The van der Waals surface area contributed by atoms with E-state index < -0.39 is 5.97 Å². The first-order valence-corrected chi connectivity index (χ1v) is 7.09. The van der Waals surface area contributed by atoms with Gasteiger partial charge in [0, 0.05) is 18.3 Å². The topological polar surface area (TPSA) is 64.1 Å². The van der Waals surface area contributed by atoms with E-state index in [1.165, 1.54) is 6.20 Å². The van der Waals surface area contributed by atoms with E-state index in [4.69, 9.17) is 4.74 Å². The second kappa shape index (κ2) is 7.38. The highest BCUT2D eigenvalue weighted by Gasteiger charge is 2.16. The quantitative estimate of drug-likeness (QED) is 0.826. The van der Waals surface area contributed by atoms with Crippen molar-refractivity contribution in [2.75, 3.05) is 18.5 Å². The summed E-state index contributed by atoms with van der Waals surface area (Å²) < 4.78 is 5.04. The normalized spacial score (nSPS) is 10.2. The molecule has 110 valence electrons. The molecule has 0 radical (unpaired) electrons. The number of hydrogen-bond acceptors (Lipinski definition) is 5. The van der Waals surface area contributed by atoms with Crippen LogP contribution in [0.5, 0.6) is 0 Å². The monoisotopic (exact) mass is 285 g/mol. The van der Waals surface area contributed by atoms with Crippen LogP contribution in [0.15, 0.2) is 36.5 Å². The van der Waals surface area contributed by atoms with Gasteiger partial charge in [-0.15, -0.1) is 0 Å². The van der Waals surface area contributed by atoms with Crippen LogP contribution in [-0.4, -0.2) is 29.1 Å². The average Bonchev–Trinajstić information content (AvgIpc) is 2.53. The first-order valence-electron chi connectivity index (χ1n) is 7.09. The number of benzene rings is 1. The summed E-state index contributed by atoms with van der Waals surface area (Å²) in [6.07, 6.45) is 2.46. The Labute approximate surface area is 124 Å². The molecule has 2 aromatic rings. The lowest BCUT2D eigenvalue weighted by atomic mass is 10.2. The number of anilines is 1. The molecule has 0 saturated carbocycles. The van der Waals surface area contributed by atoms with Crippen molar-refractivity contribution in [2.24, 2.45) is 0 Å². The summed E-state index contributed by atoms with van der Waals surface area (Å²) >= 11 is 0. The van der Waals surface area contributed by atoms with Gasteiger partial charge in [-0.05, 0) is 13.3 Å². The average molecular weight is 285 g/mol. The van der Waals surface area contributed by atoms with Gasteiger partial charge in [-0.3, -0.25) is 0 Å². The molecule has 1 aromatic carbocycles. The molecule has 5 heteroatoms. The highest BCUT2D eigenvalue weighted by Crippen LogP contribution is 2.19. The molecule has 2 rings (SSSR count). The molecule has 1 heterocycles. The van der Waals surface area contributed by atoms with Gasteiger partial charge in [0.1, 0.15) is 11.4 Å². The Balaban J connectivity index is 2.37. The second-order valence-corrected chi connectivity index (χ2v) is 4.47. The predicted molar refractivity (Wildman–Crippen MR) is 82.2 cm³/mol. The van der Waals surface area contributed by atoms with E-state index in [0.717, 1.165) is 18.5 Å². The van der Waals surface area contributed by atoms with Crippen molar-refractivity contribution in [1.82, 2.24) is 9.97 Å². The lowest BCUT2D eigenvalue weighted by molar-refractivity contribution is 0.0526. The third-order valence-electron chi connectivity index (χ3n) is 2.86. The molecular weight excluding hydrogens is 266 g/mol. The van der Waals surface area contributed by atoms with Crippen molar-refractivity contribution in [3.63, 3.8) is 0 Å². The minimum atomic E-state index is -0.407. The Hall–Kier alpha value is -2.43. The standard InChI is InChI=1S/C16H19N3O2/c1-3-10-17-15-13(16(20)21-4-2)11-18-14(19-15)12-8-6-5-7-9-12/h5-9,11H,3-4,10H2,1-2H3,(H,17,18,19). The van der Waals surface area contributed by atoms with Gasteiger partial charge in [0.05, 0.1) is 6.61 Å². The van der Waals surface area contributed by atoms with Crippen LogP contribution in [0, 0.1) is 0 Å². The molecule has 0 aliphatic rings. The highest BCUT2D eigenvalue weighted by atomic mass is 16.5. The fraction of sp³-hybridized carbons (Fsp3) is 0.312. The summed E-state index contributed by atoms with van der Waals surface area (Å²) in [6, 6.07) is 9.66. The molecule has 0 fully saturated rings. The van der Waals surface area contributed by atoms with Crippen LogP contribution in [0.2, 0.25) is 0 Å². The fourth-order valence-electron chi connectivity index (χ4n) is 1.84. The van der Waals surface area contributed by atoms with Gasteiger partial charge in [-0.2, -0.15) is 0 Å². The SMILES string of the molecule is CCCNc1nc(-c2ccccc2)ncc1C(=O)OCC. The van der Waals surface area contributed by atoms with Crippen LogP contribution >= 0.6 is 0 Å². The summed E-state index contributed by atoms with van der Waals surface area (Å²) in [7, 11) is 0. The summed E-state index contributed by atoms with van der Waals surface area (Å²) in [5, 5.41) is 3.16.